The molecule has 4 aromatic carbocycles. The summed E-state index contributed by atoms with van der Waals surface area (Å²) in [7, 11) is 0. The number of nitrogens with zero attached hydrogens (tertiary/aromatic N) is 2. The Kier molecular flexibility index (Phi) is 7.89. The molecule has 44 heavy (non-hydrogen) atoms. The summed E-state index contributed by atoms with van der Waals surface area (Å²) in [5, 5.41) is 1.31. The fraction of sp³-hybridized carbons (Fsp3) is 0.167. The van der Waals surface area contributed by atoms with Crippen LogP contribution in [0.2, 0.25) is 10.0 Å². The van der Waals surface area contributed by atoms with E-state index in [1.54, 1.807) is 0 Å². The zero-order valence-corrected chi connectivity index (χ0v) is 26.3. The van der Waals surface area contributed by atoms with Gasteiger partial charge in [-0.3, -0.25) is 9.36 Å². The molecule has 0 amide bonds. The Labute approximate surface area is 269 Å². The molecule has 0 radical (unpaired) electrons. The molecule has 0 fully saturated rings. The van der Waals surface area contributed by atoms with Crippen molar-refractivity contribution in [2.75, 3.05) is 6.61 Å². The van der Waals surface area contributed by atoms with E-state index in [1.807, 2.05) is 84.3 Å². The Bertz CT molecular complexity index is 2100. The van der Waals surface area contributed by atoms with Gasteiger partial charge in [0.2, 0.25) is 0 Å². The number of thiazole rings is 1. The first-order valence-corrected chi connectivity index (χ1v) is 16.1. The predicted molar refractivity (Wildman–Crippen MR) is 178 cm³/mol. The average Bonchev–Trinajstić information content (AvgIpc) is 3.35. The van der Waals surface area contributed by atoms with Gasteiger partial charge in [0.05, 0.1) is 22.9 Å². The van der Waals surface area contributed by atoms with Crippen LogP contribution in [0.4, 0.5) is 0 Å². The van der Waals surface area contributed by atoms with Crippen LogP contribution in [-0.4, -0.2) is 11.2 Å². The Morgan fingerprint density at radius 3 is 2.55 bits per heavy atom. The topological polar surface area (TPSA) is 52.8 Å². The van der Waals surface area contributed by atoms with Gasteiger partial charge < -0.3 is 9.47 Å². The van der Waals surface area contributed by atoms with Gasteiger partial charge >= 0.3 is 0 Å². The third-order valence-electron chi connectivity index (χ3n) is 7.97. The lowest BCUT2D eigenvalue weighted by Gasteiger charge is -2.30. The summed E-state index contributed by atoms with van der Waals surface area (Å²) in [4.78, 5) is 19.9. The van der Waals surface area contributed by atoms with E-state index in [4.69, 9.17) is 37.7 Å². The molecule has 7 rings (SSSR count). The molecule has 0 saturated heterocycles. The Morgan fingerprint density at radius 2 is 1.73 bits per heavy atom. The van der Waals surface area contributed by atoms with Crippen molar-refractivity contribution >= 4 is 46.3 Å². The summed E-state index contributed by atoms with van der Waals surface area (Å²) in [5.74, 6) is 1.21. The molecule has 220 valence electrons. The molecule has 1 atom stereocenters. The number of hydrogen-bond donors (Lipinski definition) is 0. The number of rotatable bonds is 7. The van der Waals surface area contributed by atoms with Crippen LogP contribution in [0, 0.1) is 0 Å². The minimum Gasteiger partial charge on any atom is -0.490 e. The van der Waals surface area contributed by atoms with Crippen molar-refractivity contribution in [3.63, 3.8) is 0 Å². The minimum atomic E-state index is -0.256. The van der Waals surface area contributed by atoms with E-state index in [0.29, 0.717) is 44.1 Å². The van der Waals surface area contributed by atoms with E-state index in [9.17, 15) is 4.79 Å². The van der Waals surface area contributed by atoms with Gasteiger partial charge in [0.1, 0.15) is 6.61 Å². The highest BCUT2D eigenvalue weighted by atomic mass is 35.5. The fourth-order valence-corrected chi connectivity index (χ4v) is 7.21. The first-order valence-electron chi connectivity index (χ1n) is 14.5. The van der Waals surface area contributed by atoms with Gasteiger partial charge in [-0.1, -0.05) is 95.2 Å². The highest BCUT2D eigenvalue weighted by molar-refractivity contribution is 7.07. The van der Waals surface area contributed by atoms with Crippen molar-refractivity contribution < 1.29 is 9.47 Å². The van der Waals surface area contributed by atoms with Crippen molar-refractivity contribution in [2.24, 2.45) is 4.99 Å². The van der Waals surface area contributed by atoms with Gasteiger partial charge in [-0.05, 0) is 78.4 Å². The van der Waals surface area contributed by atoms with E-state index in [0.717, 1.165) is 46.4 Å². The number of allylic oxidation sites excluding steroid dienone is 1. The van der Waals surface area contributed by atoms with Gasteiger partial charge in [-0.2, -0.15) is 0 Å². The van der Waals surface area contributed by atoms with Gasteiger partial charge in [-0.25, -0.2) is 4.99 Å². The summed E-state index contributed by atoms with van der Waals surface area (Å²) < 4.78 is 14.5. The highest BCUT2D eigenvalue weighted by Crippen LogP contribution is 2.41. The Morgan fingerprint density at radius 1 is 0.932 bits per heavy atom. The molecule has 1 aliphatic carbocycles. The molecule has 5 aromatic rings. The number of aromatic nitrogens is 1. The molecule has 1 aliphatic heterocycles. The maximum atomic E-state index is 14.1. The molecule has 0 unspecified atom stereocenters. The zero-order valence-electron chi connectivity index (χ0n) is 23.9. The Balaban J connectivity index is 1.31. The summed E-state index contributed by atoms with van der Waals surface area (Å²) in [5.41, 5.74) is 7.22. The van der Waals surface area contributed by atoms with Crippen molar-refractivity contribution in [1.29, 1.82) is 0 Å². The molecule has 0 spiro atoms. The molecular weight excluding hydrogens is 611 g/mol. The summed E-state index contributed by atoms with van der Waals surface area (Å²) in [6, 6.07) is 29.3. The highest BCUT2D eigenvalue weighted by Gasteiger charge is 2.32. The quantitative estimate of drug-likeness (QED) is 0.184. The third kappa shape index (κ3) is 5.38. The van der Waals surface area contributed by atoms with E-state index in [-0.39, 0.29) is 11.6 Å². The van der Waals surface area contributed by atoms with Crippen LogP contribution in [0.1, 0.15) is 47.2 Å². The standard InChI is InChI=1S/C36H28Cl2N2O3S/c1-2-42-31-19-22(11-18-30(31)43-21-25-8-4-6-10-29(25)38)20-32-35(41)40-34(24-12-15-26(37)16-13-24)28-17-14-23-7-3-5-9-27(23)33(28)39-36(40)44-32/h3-13,15-16,18-20,34H,2,14,17,21H2,1H3/b32-20-/t34-/m1/s1. The minimum absolute atomic E-state index is 0.0730. The summed E-state index contributed by atoms with van der Waals surface area (Å²) in [6.07, 6.45) is 3.64. The monoisotopic (exact) mass is 638 g/mol. The van der Waals surface area contributed by atoms with Crippen LogP contribution >= 0.6 is 34.5 Å². The molecule has 2 heterocycles. The van der Waals surface area contributed by atoms with Crippen molar-refractivity contribution in [3.05, 3.63) is 154 Å². The second kappa shape index (κ2) is 12.1. The van der Waals surface area contributed by atoms with Crippen LogP contribution < -0.4 is 24.4 Å². The largest absolute Gasteiger partial charge is 0.490 e. The van der Waals surface area contributed by atoms with Gasteiger partial charge in [0, 0.05) is 21.2 Å². The average molecular weight is 640 g/mol. The summed E-state index contributed by atoms with van der Waals surface area (Å²) >= 11 is 14.0. The lowest BCUT2D eigenvalue weighted by atomic mass is 9.83. The van der Waals surface area contributed by atoms with E-state index in [1.165, 1.54) is 16.9 Å². The van der Waals surface area contributed by atoms with Crippen LogP contribution in [0.15, 0.2) is 106 Å². The van der Waals surface area contributed by atoms with Crippen LogP contribution in [0.3, 0.4) is 0 Å². The van der Waals surface area contributed by atoms with E-state index < -0.39 is 0 Å². The van der Waals surface area contributed by atoms with Crippen molar-refractivity contribution in [1.82, 2.24) is 4.57 Å². The second-order valence-corrected chi connectivity index (χ2v) is 12.5. The molecule has 1 aromatic heterocycles. The number of ether oxygens (including phenoxy) is 2. The van der Waals surface area contributed by atoms with Gasteiger partial charge in [0.25, 0.3) is 5.56 Å². The molecule has 0 bridgehead atoms. The zero-order chi connectivity index (χ0) is 30.2. The maximum absolute atomic E-state index is 14.1. The van der Waals surface area contributed by atoms with Crippen LogP contribution in [0.5, 0.6) is 11.5 Å². The van der Waals surface area contributed by atoms with E-state index in [2.05, 4.69) is 24.3 Å². The number of hydrogen-bond acceptors (Lipinski definition) is 5. The number of benzene rings is 4. The normalized spacial score (nSPS) is 15.7. The smallest absolute Gasteiger partial charge is 0.271 e. The SMILES string of the molecule is CCOc1cc(/C=c2\sc3n(c2=O)[C@H](c2ccc(Cl)cc2)C2=C(N=3)c3ccccc3CC2)ccc1OCc1ccccc1Cl. The van der Waals surface area contributed by atoms with Crippen LogP contribution in [0.25, 0.3) is 11.8 Å². The first kappa shape index (κ1) is 28.7. The first-order chi connectivity index (χ1) is 21.5. The molecule has 0 N–H and O–H groups in total. The molecule has 8 heteroatoms. The van der Waals surface area contributed by atoms with Crippen molar-refractivity contribution in [2.45, 2.75) is 32.4 Å². The lowest BCUT2D eigenvalue weighted by molar-refractivity contribution is 0.269. The predicted octanol–water partition coefficient (Wildman–Crippen LogP) is 7.60. The van der Waals surface area contributed by atoms with Crippen molar-refractivity contribution in [3.8, 4) is 11.5 Å². The number of fused-ring (bicyclic) bond motifs is 3. The second-order valence-electron chi connectivity index (χ2n) is 10.7. The summed E-state index contributed by atoms with van der Waals surface area (Å²) in [6.45, 7) is 2.72. The third-order valence-corrected chi connectivity index (χ3v) is 9.57. The number of aryl methyl sites for hydroxylation is 1. The maximum Gasteiger partial charge on any atom is 0.271 e. The number of halogens is 2. The lowest BCUT2D eigenvalue weighted by Crippen LogP contribution is -2.38. The van der Waals surface area contributed by atoms with Gasteiger partial charge in [-0.15, -0.1) is 0 Å². The molecule has 2 aliphatic rings. The fourth-order valence-electron chi connectivity index (χ4n) is 5.89. The van der Waals surface area contributed by atoms with Crippen LogP contribution in [-0.2, 0) is 13.0 Å². The van der Waals surface area contributed by atoms with E-state index >= 15 is 0 Å². The molecule has 5 nitrogen and oxygen atoms in total. The molecular formula is C36H28Cl2N2O3S. The molecule has 0 saturated carbocycles. The van der Waals surface area contributed by atoms with Gasteiger partial charge in [0.15, 0.2) is 16.3 Å². The Hall–Kier alpha value is -4.10.